The molecule has 0 aliphatic carbocycles. The molecule has 2 aromatic rings. The molecule has 18 heavy (non-hydrogen) atoms. The van der Waals surface area contributed by atoms with E-state index >= 15 is 0 Å². The minimum absolute atomic E-state index is 0.0771. The highest BCUT2D eigenvalue weighted by atomic mass is 79.9. The molecule has 0 amide bonds. The number of carboxylic acids is 1. The lowest BCUT2D eigenvalue weighted by atomic mass is 10.2. The standard InChI is InChI=1S/C12H12BrN3O2/c13-11-4-2-1-3-9(11)7-16-8-10(14-15-16)5-6-12(17)18/h1-4,8H,5-7H2,(H,17,18). The van der Waals surface area contributed by atoms with Gasteiger partial charge in [0.2, 0.25) is 0 Å². The summed E-state index contributed by atoms with van der Waals surface area (Å²) in [5.41, 5.74) is 1.80. The molecule has 1 N–H and O–H groups in total. The summed E-state index contributed by atoms with van der Waals surface area (Å²) in [4.78, 5) is 10.5. The molecule has 1 aromatic heterocycles. The maximum atomic E-state index is 10.5. The number of carboxylic acid groups (broad SMARTS) is 1. The Labute approximate surface area is 113 Å². The highest BCUT2D eigenvalue weighted by Gasteiger charge is 2.05. The van der Waals surface area contributed by atoms with E-state index in [0.29, 0.717) is 18.7 Å². The number of aliphatic carboxylic acids is 1. The number of carbonyl (C=O) groups is 1. The van der Waals surface area contributed by atoms with Gasteiger partial charge in [0.15, 0.2) is 0 Å². The summed E-state index contributed by atoms with van der Waals surface area (Å²) in [5, 5.41) is 16.5. The molecule has 0 unspecified atom stereocenters. The van der Waals surface area contributed by atoms with Gasteiger partial charge in [0.25, 0.3) is 0 Å². The van der Waals surface area contributed by atoms with Gasteiger partial charge in [-0.2, -0.15) is 0 Å². The smallest absolute Gasteiger partial charge is 0.303 e. The third-order valence-corrected chi connectivity index (χ3v) is 3.24. The molecule has 6 heteroatoms. The van der Waals surface area contributed by atoms with Crippen molar-refractivity contribution in [2.45, 2.75) is 19.4 Å². The van der Waals surface area contributed by atoms with Crippen LogP contribution in [0.2, 0.25) is 0 Å². The molecule has 0 atom stereocenters. The van der Waals surface area contributed by atoms with Crippen LogP contribution in [0.1, 0.15) is 17.7 Å². The minimum atomic E-state index is -0.824. The highest BCUT2D eigenvalue weighted by molar-refractivity contribution is 9.10. The number of benzene rings is 1. The van der Waals surface area contributed by atoms with E-state index in [1.807, 2.05) is 24.3 Å². The molecule has 0 spiro atoms. The van der Waals surface area contributed by atoms with Crippen molar-refractivity contribution in [1.29, 1.82) is 0 Å². The number of rotatable bonds is 5. The van der Waals surface area contributed by atoms with E-state index in [4.69, 9.17) is 5.11 Å². The molecule has 5 nitrogen and oxygen atoms in total. The maximum Gasteiger partial charge on any atom is 0.303 e. The summed E-state index contributed by atoms with van der Waals surface area (Å²) in [7, 11) is 0. The van der Waals surface area contributed by atoms with Crippen LogP contribution in [-0.2, 0) is 17.8 Å². The van der Waals surface area contributed by atoms with Gasteiger partial charge in [0.1, 0.15) is 0 Å². The molecule has 2 rings (SSSR count). The van der Waals surface area contributed by atoms with Crippen LogP contribution < -0.4 is 0 Å². The number of hydrogen-bond donors (Lipinski definition) is 1. The fraction of sp³-hybridized carbons (Fsp3) is 0.250. The van der Waals surface area contributed by atoms with Gasteiger partial charge in [-0.15, -0.1) is 5.10 Å². The van der Waals surface area contributed by atoms with E-state index in [0.717, 1.165) is 10.0 Å². The van der Waals surface area contributed by atoms with Crippen molar-refractivity contribution in [3.8, 4) is 0 Å². The van der Waals surface area contributed by atoms with Crippen molar-refractivity contribution in [3.05, 3.63) is 46.2 Å². The first-order valence-electron chi connectivity index (χ1n) is 5.49. The zero-order valence-electron chi connectivity index (χ0n) is 9.58. The first-order valence-corrected chi connectivity index (χ1v) is 6.28. The Hall–Kier alpha value is -1.69. The van der Waals surface area contributed by atoms with Crippen LogP contribution in [0.5, 0.6) is 0 Å². The summed E-state index contributed by atoms with van der Waals surface area (Å²) in [6, 6.07) is 7.88. The summed E-state index contributed by atoms with van der Waals surface area (Å²) < 4.78 is 2.73. The van der Waals surface area contributed by atoms with E-state index in [1.165, 1.54) is 0 Å². The number of aromatic nitrogens is 3. The van der Waals surface area contributed by atoms with Crippen molar-refractivity contribution < 1.29 is 9.90 Å². The molecule has 0 aliphatic rings. The Morgan fingerprint density at radius 3 is 2.89 bits per heavy atom. The molecular weight excluding hydrogens is 298 g/mol. The van der Waals surface area contributed by atoms with Crippen LogP contribution in [-0.4, -0.2) is 26.1 Å². The largest absolute Gasteiger partial charge is 0.481 e. The summed E-state index contributed by atoms with van der Waals surface area (Å²) in [6.07, 6.45) is 2.27. The topological polar surface area (TPSA) is 68.0 Å². The third-order valence-electron chi connectivity index (χ3n) is 2.47. The molecule has 0 radical (unpaired) electrons. The molecule has 0 saturated heterocycles. The third kappa shape index (κ3) is 3.40. The zero-order chi connectivity index (χ0) is 13.0. The van der Waals surface area contributed by atoms with Crippen molar-refractivity contribution in [1.82, 2.24) is 15.0 Å². The maximum absolute atomic E-state index is 10.5. The highest BCUT2D eigenvalue weighted by Crippen LogP contribution is 2.16. The van der Waals surface area contributed by atoms with Gasteiger partial charge in [0, 0.05) is 17.1 Å². The molecule has 0 fully saturated rings. The van der Waals surface area contributed by atoms with Crippen molar-refractivity contribution in [2.24, 2.45) is 0 Å². The minimum Gasteiger partial charge on any atom is -0.481 e. The molecular formula is C12H12BrN3O2. The zero-order valence-corrected chi connectivity index (χ0v) is 11.2. The quantitative estimate of drug-likeness (QED) is 0.918. The van der Waals surface area contributed by atoms with Gasteiger partial charge >= 0.3 is 5.97 Å². The van der Waals surface area contributed by atoms with E-state index in [9.17, 15) is 4.79 Å². The summed E-state index contributed by atoms with van der Waals surface area (Å²) in [6.45, 7) is 0.613. The number of nitrogens with zero attached hydrogens (tertiary/aromatic N) is 3. The molecule has 94 valence electrons. The van der Waals surface area contributed by atoms with Crippen molar-refractivity contribution in [3.63, 3.8) is 0 Å². The van der Waals surface area contributed by atoms with E-state index in [2.05, 4.69) is 26.2 Å². The first kappa shape index (κ1) is 12.8. The second kappa shape index (κ2) is 5.77. The van der Waals surface area contributed by atoms with Gasteiger partial charge in [-0.1, -0.05) is 39.3 Å². The van der Waals surface area contributed by atoms with Gasteiger partial charge in [-0.3, -0.25) is 4.79 Å². The lowest BCUT2D eigenvalue weighted by Crippen LogP contribution is -2.01. The fourth-order valence-electron chi connectivity index (χ4n) is 1.57. The van der Waals surface area contributed by atoms with Crippen LogP contribution in [0.4, 0.5) is 0 Å². The first-order chi connectivity index (χ1) is 8.65. The average Bonchev–Trinajstić information content (AvgIpc) is 2.77. The van der Waals surface area contributed by atoms with Gasteiger partial charge in [-0.05, 0) is 11.6 Å². The predicted octanol–water partition coefficient (Wildman–Crippen LogP) is 2.11. The van der Waals surface area contributed by atoms with Gasteiger partial charge < -0.3 is 5.11 Å². The molecule has 1 heterocycles. The van der Waals surface area contributed by atoms with E-state index in [-0.39, 0.29) is 6.42 Å². The van der Waals surface area contributed by atoms with Crippen LogP contribution in [0.25, 0.3) is 0 Å². The fourth-order valence-corrected chi connectivity index (χ4v) is 1.98. The average molecular weight is 310 g/mol. The number of hydrogen-bond acceptors (Lipinski definition) is 3. The van der Waals surface area contributed by atoms with Crippen LogP contribution >= 0.6 is 15.9 Å². The summed E-state index contributed by atoms with van der Waals surface area (Å²) in [5.74, 6) is -0.824. The van der Waals surface area contributed by atoms with Gasteiger partial charge in [-0.25, -0.2) is 4.68 Å². The van der Waals surface area contributed by atoms with E-state index in [1.54, 1.807) is 10.9 Å². The Balaban J connectivity index is 2.02. The monoisotopic (exact) mass is 309 g/mol. The second-order valence-corrected chi connectivity index (χ2v) is 4.75. The van der Waals surface area contributed by atoms with Crippen molar-refractivity contribution in [2.75, 3.05) is 0 Å². The molecule has 0 bridgehead atoms. The lowest BCUT2D eigenvalue weighted by molar-refractivity contribution is -0.136. The number of halogens is 1. The van der Waals surface area contributed by atoms with Gasteiger partial charge in [0.05, 0.1) is 18.7 Å². The molecule has 1 aromatic carbocycles. The second-order valence-electron chi connectivity index (χ2n) is 3.89. The Bertz CT molecular complexity index is 554. The normalized spacial score (nSPS) is 10.5. The number of aryl methyl sites for hydroxylation is 1. The lowest BCUT2D eigenvalue weighted by Gasteiger charge is -2.02. The van der Waals surface area contributed by atoms with Crippen molar-refractivity contribution >= 4 is 21.9 Å². The van der Waals surface area contributed by atoms with Crippen LogP contribution in [0.3, 0.4) is 0 Å². The van der Waals surface area contributed by atoms with E-state index < -0.39 is 5.97 Å². The molecule has 0 aliphatic heterocycles. The SMILES string of the molecule is O=C(O)CCc1cn(Cc2ccccc2Br)nn1. The van der Waals surface area contributed by atoms with Crippen LogP contribution in [0.15, 0.2) is 34.9 Å². The Kier molecular flexibility index (Phi) is 4.09. The predicted molar refractivity (Wildman–Crippen MR) is 69.2 cm³/mol. The molecule has 0 saturated carbocycles. The van der Waals surface area contributed by atoms with Crippen LogP contribution in [0, 0.1) is 0 Å². The Morgan fingerprint density at radius 2 is 2.17 bits per heavy atom. The summed E-state index contributed by atoms with van der Waals surface area (Å²) >= 11 is 3.47. The Morgan fingerprint density at radius 1 is 1.39 bits per heavy atom.